The Balaban J connectivity index is 2.53. The second-order valence-corrected chi connectivity index (χ2v) is 3.16. The fourth-order valence-corrected chi connectivity index (χ4v) is 1.21. The molecule has 0 aromatic heterocycles. The van der Waals surface area contributed by atoms with Gasteiger partial charge in [0.25, 0.3) is 0 Å². The molecule has 3 nitrogen and oxygen atoms in total. The van der Waals surface area contributed by atoms with Crippen LogP contribution in [0.3, 0.4) is 0 Å². The highest BCUT2D eigenvalue weighted by Gasteiger charge is 2.26. The van der Waals surface area contributed by atoms with E-state index in [9.17, 15) is 4.79 Å². The fourth-order valence-electron chi connectivity index (χ4n) is 1.21. The Labute approximate surface area is 67.3 Å². The van der Waals surface area contributed by atoms with E-state index in [1.807, 2.05) is 20.8 Å². The van der Waals surface area contributed by atoms with Crippen molar-refractivity contribution in [2.45, 2.75) is 27.0 Å². The summed E-state index contributed by atoms with van der Waals surface area (Å²) < 4.78 is 5.24. The van der Waals surface area contributed by atoms with E-state index in [2.05, 4.69) is 0 Å². The van der Waals surface area contributed by atoms with Crippen LogP contribution in [0.2, 0.25) is 0 Å². The topological polar surface area (TPSA) is 29.5 Å². The quantitative estimate of drug-likeness (QED) is 0.564. The molecule has 1 atom stereocenters. The zero-order chi connectivity index (χ0) is 8.43. The van der Waals surface area contributed by atoms with E-state index in [1.54, 1.807) is 4.90 Å². The van der Waals surface area contributed by atoms with Crippen LogP contribution in [0.25, 0.3) is 0 Å². The van der Waals surface area contributed by atoms with Gasteiger partial charge >= 0.3 is 0 Å². The van der Waals surface area contributed by atoms with Crippen molar-refractivity contribution in [3.05, 3.63) is 0 Å². The molecule has 0 aliphatic carbocycles. The highest BCUT2D eigenvalue weighted by atomic mass is 16.5. The molecule has 0 radical (unpaired) electrons. The molecule has 3 heteroatoms. The number of amides is 1. The molecule has 64 valence electrons. The molecular formula is C8H15NO2. The van der Waals surface area contributed by atoms with Gasteiger partial charge in [0.05, 0.1) is 6.61 Å². The van der Waals surface area contributed by atoms with Crippen molar-refractivity contribution in [1.82, 2.24) is 4.90 Å². The molecule has 0 bridgehead atoms. The van der Waals surface area contributed by atoms with Crippen molar-refractivity contribution < 1.29 is 9.53 Å². The van der Waals surface area contributed by atoms with Crippen molar-refractivity contribution >= 4 is 5.91 Å². The Hall–Kier alpha value is -0.570. The summed E-state index contributed by atoms with van der Waals surface area (Å²) in [4.78, 5) is 13.2. The van der Waals surface area contributed by atoms with E-state index in [4.69, 9.17) is 4.74 Å². The summed E-state index contributed by atoms with van der Waals surface area (Å²) in [5.41, 5.74) is 0. The second-order valence-electron chi connectivity index (χ2n) is 3.16. The minimum absolute atomic E-state index is 0.0232. The van der Waals surface area contributed by atoms with E-state index in [1.165, 1.54) is 0 Å². The molecule has 0 N–H and O–H groups in total. The van der Waals surface area contributed by atoms with Crippen LogP contribution in [0, 0.1) is 5.92 Å². The lowest BCUT2D eigenvalue weighted by Crippen LogP contribution is -2.37. The first-order chi connectivity index (χ1) is 5.13. The molecular weight excluding hydrogens is 142 g/mol. The Kier molecular flexibility index (Phi) is 2.49. The summed E-state index contributed by atoms with van der Waals surface area (Å²) >= 11 is 0. The van der Waals surface area contributed by atoms with Gasteiger partial charge in [0.15, 0.2) is 0 Å². The molecule has 1 aliphatic rings. The van der Waals surface area contributed by atoms with Crippen LogP contribution in [0.4, 0.5) is 0 Å². The molecule has 0 aromatic rings. The third-order valence-corrected chi connectivity index (χ3v) is 1.91. The molecule has 1 saturated heterocycles. The zero-order valence-electron chi connectivity index (χ0n) is 7.33. The van der Waals surface area contributed by atoms with Gasteiger partial charge < -0.3 is 9.64 Å². The molecule has 0 spiro atoms. The first-order valence-electron chi connectivity index (χ1n) is 4.05. The van der Waals surface area contributed by atoms with Crippen LogP contribution in [0.1, 0.15) is 20.8 Å². The molecule has 11 heavy (non-hydrogen) atoms. The third kappa shape index (κ3) is 1.71. The maximum Gasteiger partial charge on any atom is 0.227 e. The van der Waals surface area contributed by atoms with Crippen LogP contribution in [-0.4, -0.2) is 30.2 Å². The van der Waals surface area contributed by atoms with Gasteiger partial charge in [-0.25, -0.2) is 0 Å². The van der Waals surface area contributed by atoms with Crippen LogP contribution in [-0.2, 0) is 9.53 Å². The van der Waals surface area contributed by atoms with E-state index in [0.29, 0.717) is 6.61 Å². The minimum Gasteiger partial charge on any atom is -0.357 e. The SMILES string of the molecule is CC(C)C(=O)N1CCOC1C. The monoisotopic (exact) mass is 157 g/mol. The predicted molar refractivity (Wildman–Crippen MR) is 42.0 cm³/mol. The van der Waals surface area contributed by atoms with Gasteiger partial charge in [-0.15, -0.1) is 0 Å². The van der Waals surface area contributed by atoms with E-state index < -0.39 is 0 Å². The van der Waals surface area contributed by atoms with Crippen molar-refractivity contribution in [3.63, 3.8) is 0 Å². The molecule has 1 aliphatic heterocycles. The van der Waals surface area contributed by atoms with Crippen molar-refractivity contribution in [3.8, 4) is 0 Å². The maximum absolute atomic E-state index is 11.4. The molecule has 1 amide bonds. The van der Waals surface area contributed by atoms with Crippen LogP contribution in [0.5, 0.6) is 0 Å². The summed E-state index contributed by atoms with van der Waals surface area (Å²) in [6.07, 6.45) is -0.0232. The summed E-state index contributed by atoms with van der Waals surface area (Å²) in [5, 5.41) is 0. The minimum atomic E-state index is -0.0232. The maximum atomic E-state index is 11.4. The lowest BCUT2D eigenvalue weighted by Gasteiger charge is -2.21. The van der Waals surface area contributed by atoms with Gasteiger partial charge in [0.2, 0.25) is 5.91 Å². The summed E-state index contributed by atoms with van der Waals surface area (Å²) in [7, 11) is 0. The molecule has 1 rings (SSSR count). The predicted octanol–water partition coefficient (Wildman–Crippen LogP) is 0.847. The summed E-state index contributed by atoms with van der Waals surface area (Å²) in [6, 6.07) is 0. The van der Waals surface area contributed by atoms with E-state index >= 15 is 0 Å². The van der Waals surface area contributed by atoms with Crippen LogP contribution >= 0.6 is 0 Å². The molecule has 1 unspecified atom stereocenters. The number of nitrogens with zero attached hydrogens (tertiary/aromatic N) is 1. The summed E-state index contributed by atoms with van der Waals surface area (Å²) in [5.74, 6) is 0.272. The van der Waals surface area contributed by atoms with Gasteiger partial charge in [-0.1, -0.05) is 13.8 Å². The molecule has 0 saturated carbocycles. The van der Waals surface area contributed by atoms with Crippen molar-refractivity contribution in [2.24, 2.45) is 5.92 Å². The second kappa shape index (κ2) is 3.22. The third-order valence-electron chi connectivity index (χ3n) is 1.91. The average Bonchev–Trinajstić information content (AvgIpc) is 2.33. The van der Waals surface area contributed by atoms with Crippen LogP contribution < -0.4 is 0 Å². The Morgan fingerprint density at radius 3 is 2.64 bits per heavy atom. The summed E-state index contributed by atoms with van der Waals surface area (Å²) in [6.45, 7) is 7.16. The number of ether oxygens (including phenoxy) is 1. The standard InChI is InChI=1S/C8H15NO2/c1-6(2)8(10)9-4-5-11-7(9)3/h6-7H,4-5H2,1-3H3. The molecule has 0 aromatic carbocycles. The number of carbonyl (C=O) groups excluding carboxylic acids is 1. The molecule has 1 heterocycles. The Morgan fingerprint density at radius 1 is 1.64 bits per heavy atom. The van der Waals surface area contributed by atoms with Gasteiger partial charge in [0.1, 0.15) is 6.23 Å². The largest absolute Gasteiger partial charge is 0.357 e. The number of hydrogen-bond acceptors (Lipinski definition) is 2. The normalized spacial score (nSPS) is 24.7. The Morgan fingerprint density at radius 2 is 2.27 bits per heavy atom. The van der Waals surface area contributed by atoms with E-state index in [0.717, 1.165) is 6.54 Å². The first-order valence-corrected chi connectivity index (χ1v) is 4.05. The first kappa shape index (κ1) is 8.53. The number of rotatable bonds is 1. The lowest BCUT2D eigenvalue weighted by molar-refractivity contribution is -0.138. The highest BCUT2D eigenvalue weighted by molar-refractivity contribution is 5.78. The smallest absolute Gasteiger partial charge is 0.227 e. The number of carbonyl (C=O) groups is 1. The average molecular weight is 157 g/mol. The Bertz CT molecular complexity index is 156. The van der Waals surface area contributed by atoms with Gasteiger partial charge in [-0.05, 0) is 6.92 Å². The highest BCUT2D eigenvalue weighted by Crippen LogP contribution is 2.12. The van der Waals surface area contributed by atoms with Gasteiger partial charge in [-0.3, -0.25) is 4.79 Å². The molecule has 1 fully saturated rings. The zero-order valence-corrected chi connectivity index (χ0v) is 7.33. The van der Waals surface area contributed by atoms with Gasteiger partial charge in [-0.2, -0.15) is 0 Å². The van der Waals surface area contributed by atoms with Gasteiger partial charge in [0, 0.05) is 12.5 Å². The van der Waals surface area contributed by atoms with Crippen molar-refractivity contribution in [1.29, 1.82) is 0 Å². The number of hydrogen-bond donors (Lipinski definition) is 0. The lowest BCUT2D eigenvalue weighted by atomic mass is 10.2. The fraction of sp³-hybridized carbons (Fsp3) is 0.875. The van der Waals surface area contributed by atoms with Crippen molar-refractivity contribution in [2.75, 3.05) is 13.2 Å². The van der Waals surface area contributed by atoms with Crippen LogP contribution in [0.15, 0.2) is 0 Å². The van der Waals surface area contributed by atoms with E-state index in [-0.39, 0.29) is 18.1 Å².